The molecule has 2 rings (SSSR count). The second-order valence-electron chi connectivity index (χ2n) is 5.76. The molecular weight excluding hydrogens is 416 g/mol. The van der Waals surface area contributed by atoms with Gasteiger partial charge in [-0.2, -0.15) is 11.8 Å². The Morgan fingerprint density at radius 2 is 2.04 bits per heavy atom. The molecule has 2 amide bonds. The van der Waals surface area contributed by atoms with Crippen LogP contribution in [-0.4, -0.2) is 69.4 Å². The Morgan fingerprint density at radius 1 is 1.32 bits per heavy atom. The van der Waals surface area contributed by atoms with Crippen molar-refractivity contribution in [1.29, 1.82) is 0 Å². The lowest BCUT2D eigenvalue weighted by Gasteiger charge is -2.22. The Balaban J connectivity index is 2.38. The summed E-state index contributed by atoms with van der Waals surface area (Å²) in [5.41, 5.74) is 0.00505. The van der Waals surface area contributed by atoms with Crippen LogP contribution in [-0.2, 0) is 24.9 Å². The molecule has 1 aromatic carbocycles. The number of benzene rings is 1. The summed E-state index contributed by atoms with van der Waals surface area (Å²) in [6.45, 7) is -0.608. The molecule has 0 aliphatic carbocycles. The van der Waals surface area contributed by atoms with Crippen LogP contribution in [0.4, 0.5) is 0 Å². The maximum atomic E-state index is 12.4. The van der Waals surface area contributed by atoms with Crippen LogP contribution in [0.1, 0.15) is 15.9 Å². The fraction of sp³-hybridized carbons (Fsp3) is 0.375. The standard InChI is InChI=1S/C16H17ClN2O8S/c17-3-13(22)18-10-4-27-16(26)8-1-7(20)2-12(21)9(8)5-28-6-11(15(24)25)19-14(10)23/h1-2,10-11,20-21H,3-6H2,(H,18,22)(H,19,23)(H,24,25)/t10-,11-/m0/s1. The van der Waals surface area contributed by atoms with E-state index in [9.17, 15) is 34.5 Å². The Bertz CT molecular complexity index is 803. The number of rotatable bonds is 3. The number of alkyl halides is 1. The number of carboxylic acid groups (broad SMARTS) is 1. The van der Waals surface area contributed by atoms with E-state index in [2.05, 4.69) is 10.6 Å². The van der Waals surface area contributed by atoms with E-state index in [0.29, 0.717) is 0 Å². The summed E-state index contributed by atoms with van der Waals surface area (Å²) >= 11 is 6.44. The molecule has 1 aliphatic heterocycles. The van der Waals surface area contributed by atoms with Gasteiger partial charge in [0.25, 0.3) is 0 Å². The maximum Gasteiger partial charge on any atom is 0.338 e. The molecule has 2 atom stereocenters. The number of aliphatic carboxylic acids is 1. The average Bonchev–Trinajstić information content (AvgIpc) is 2.63. The van der Waals surface area contributed by atoms with E-state index in [0.717, 1.165) is 23.9 Å². The number of carbonyl (C=O) groups is 4. The van der Waals surface area contributed by atoms with Crippen molar-refractivity contribution in [3.05, 3.63) is 23.3 Å². The minimum atomic E-state index is -1.38. The number of ether oxygens (including phenoxy) is 1. The van der Waals surface area contributed by atoms with Gasteiger partial charge in [-0.3, -0.25) is 9.59 Å². The second kappa shape index (κ2) is 9.51. The number of fused-ring (bicyclic) bond motifs is 1. The van der Waals surface area contributed by atoms with Gasteiger partial charge in [0.05, 0.1) is 5.56 Å². The van der Waals surface area contributed by atoms with E-state index in [-0.39, 0.29) is 34.1 Å². The maximum absolute atomic E-state index is 12.4. The first-order valence-electron chi connectivity index (χ1n) is 7.91. The highest BCUT2D eigenvalue weighted by Crippen LogP contribution is 2.31. The van der Waals surface area contributed by atoms with Crippen LogP contribution in [0.5, 0.6) is 11.5 Å². The zero-order valence-corrected chi connectivity index (χ0v) is 15.9. The topological polar surface area (TPSA) is 162 Å². The lowest BCUT2D eigenvalue weighted by atomic mass is 10.1. The van der Waals surface area contributed by atoms with Crippen molar-refractivity contribution in [2.24, 2.45) is 0 Å². The third-order valence-electron chi connectivity index (χ3n) is 3.73. The summed E-state index contributed by atoms with van der Waals surface area (Å²) in [6.07, 6.45) is 0. The summed E-state index contributed by atoms with van der Waals surface area (Å²) in [5, 5.41) is 33.5. The summed E-state index contributed by atoms with van der Waals surface area (Å²) < 4.78 is 5.04. The fourth-order valence-corrected chi connectivity index (χ4v) is 3.52. The van der Waals surface area contributed by atoms with E-state index in [1.807, 2.05) is 0 Å². The largest absolute Gasteiger partial charge is 0.508 e. The minimum absolute atomic E-state index is 0.0304. The number of phenols is 2. The van der Waals surface area contributed by atoms with Gasteiger partial charge in [-0.05, 0) is 6.07 Å². The molecule has 1 aliphatic rings. The van der Waals surface area contributed by atoms with Crippen molar-refractivity contribution in [3.8, 4) is 11.5 Å². The van der Waals surface area contributed by atoms with E-state index < -0.39 is 48.3 Å². The second-order valence-corrected chi connectivity index (χ2v) is 7.06. The van der Waals surface area contributed by atoms with Crippen molar-refractivity contribution in [2.75, 3.05) is 18.2 Å². The first-order chi connectivity index (χ1) is 13.2. The molecule has 152 valence electrons. The van der Waals surface area contributed by atoms with E-state index in [1.54, 1.807) is 0 Å². The van der Waals surface area contributed by atoms with E-state index in [4.69, 9.17) is 16.3 Å². The van der Waals surface area contributed by atoms with Crippen LogP contribution in [0.3, 0.4) is 0 Å². The van der Waals surface area contributed by atoms with Crippen LogP contribution in [0.2, 0.25) is 0 Å². The quantitative estimate of drug-likeness (QED) is 0.321. The lowest BCUT2D eigenvalue weighted by molar-refractivity contribution is -0.141. The number of nitrogens with one attached hydrogen (secondary N) is 2. The molecule has 0 saturated carbocycles. The Morgan fingerprint density at radius 3 is 2.68 bits per heavy atom. The van der Waals surface area contributed by atoms with Gasteiger partial charge < -0.3 is 30.7 Å². The van der Waals surface area contributed by atoms with Crippen LogP contribution in [0.15, 0.2) is 12.1 Å². The molecule has 12 heteroatoms. The SMILES string of the molecule is O=C(CCl)N[C@H]1COC(=O)c2cc(O)cc(O)c2CSC[C@@H](C(=O)O)NC1=O. The van der Waals surface area contributed by atoms with Crippen molar-refractivity contribution < 1.29 is 39.2 Å². The van der Waals surface area contributed by atoms with Gasteiger partial charge >= 0.3 is 11.9 Å². The van der Waals surface area contributed by atoms with Crippen LogP contribution in [0.25, 0.3) is 0 Å². The summed E-state index contributed by atoms with van der Waals surface area (Å²) in [6, 6.07) is -0.537. The van der Waals surface area contributed by atoms with Crippen molar-refractivity contribution >= 4 is 47.1 Å². The highest BCUT2D eigenvalue weighted by molar-refractivity contribution is 7.98. The Labute approximate surface area is 168 Å². The fourth-order valence-electron chi connectivity index (χ4n) is 2.35. The number of thioether (sulfide) groups is 1. The summed E-state index contributed by atoms with van der Waals surface area (Å²) in [4.78, 5) is 47.7. The summed E-state index contributed by atoms with van der Waals surface area (Å²) in [5.74, 6) is -5.06. The molecule has 1 aromatic rings. The zero-order valence-electron chi connectivity index (χ0n) is 14.3. The molecule has 0 saturated heterocycles. The van der Waals surface area contributed by atoms with Crippen LogP contribution >= 0.6 is 23.4 Å². The highest BCUT2D eigenvalue weighted by atomic mass is 35.5. The average molecular weight is 433 g/mol. The molecule has 0 unspecified atom stereocenters. The number of esters is 1. The number of amides is 2. The third-order valence-corrected chi connectivity index (χ3v) is 5.04. The van der Waals surface area contributed by atoms with E-state index in [1.165, 1.54) is 0 Å². The molecule has 0 fully saturated rings. The van der Waals surface area contributed by atoms with Gasteiger partial charge in [-0.25, -0.2) is 9.59 Å². The molecule has 1 heterocycles. The molecule has 28 heavy (non-hydrogen) atoms. The molecule has 10 nitrogen and oxygen atoms in total. The molecule has 5 N–H and O–H groups in total. The number of carboxylic acids is 1. The molecule has 0 radical (unpaired) electrons. The Kier molecular flexibility index (Phi) is 7.35. The van der Waals surface area contributed by atoms with Gasteiger partial charge in [-0.1, -0.05) is 0 Å². The predicted octanol–water partition coefficient (Wildman–Crippen LogP) is -0.206. The number of hydrogen-bond acceptors (Lipinski definition) is 8. The molecule has 0 bridgehead atoms. The normalized spacial score (nSPS) is 20.6. The third kappa shape index (κ3) is 5.42. The van der Waals surface area contributed by atoms with Crippen LogP contribution < -0.4 is 10.6 Å². The molecular formula is C16H17ClN2O8S. The van der Waals surface area contributed by atoms with Gasteiger partial charge in [0, 0.05) is 23.1 Å². The number of phenolic OH excluding ortho intramolecular Hbond substituents is 2. The lowest BCUT2D eigenvalue weighted by Crippen LogP contribution is -2.54. The first kappa shape index (κ1) is 21.6. The number of halogens is 1. The van der Waals surface area contributed by atoms with Gasteiger partial charge in [-0.15, -0.1) is 11.6 Å². The number of aromatic hydroxyl groups is 2. The highest BCUT2D eigenvalue weighted by Gasteiger charge is 2.29. The van der Waals surface area contributed by atoms with Crippen molar-refractivity contribution in [3.63, 3.8) is 0 Å². The van der Waals surface area contributed by atoms with Gasteiger partial charge in [0.15, 0.2) is 0 Å². The zero-order chi connectivity index (χ0) is 20.8. The van der Waals surface area contributed by atoms with Crippen molar-refractivity contribution in [2.45, 2.75) is 17.8 Å². The van der Waals surface area contributed by atoms with E-state index >= 15 is 0 Å². The molecule has 0 spiro atoms. The minimum Gasteiger partial charge on any atom is -0.508 e. The molecule has 0 aromatic heterocycles. The van der Waals surface area contributed by atoms with Gasteiger partial charge in [0.1, 0.15) is 36.1 Å². The number of cyclic esters (lactones) is 1. The van der Waals surface area contributed by atoms with Crippen LogP contribution in [0, 0.1) is 0 Å². The van der Waals surface area contributed by atoms with Gasteiger partial charge in [0.2, 0.25) is 11.8 Å². The first-order valence-corrected chi connectivity index (χ1v) is 9.60. The van der Waals surface area contributed by atoms with Crippen molar-refractivity contribution in [1.82, 2.24) is 10.6 Å². The monoisotopic (exact) mass is 432 g/mol. The predicted molar refractivity (Wildman–Crippen MR) is 98.4 cm³/mol. The summed E-state index contributed by atoms with van der Waals surface area (Å²) in [7, 11) is 0. The number of carbonyl (C=O) groups excluding carboxylic acids is 3. The Hall–Kier alpha value is -2.66. The number of hydrogen-bond donors (Lipinski definition) is 5. The smallest absolute Gasteiger partial charge is 0.338 e.